The van der Waals surface area contributed by atoms with E-state index in [2.05, 4.69) is 9.71 Å². The van der Waals surface area contributed by atoms with Crippen LogP contribution in [0.4, 0.5) is 5.69 Å². The molecule has 1 aromatic carbocycles. The number of aromatic nitrogens is 2. The summed E-state index contributed by atoms with van der Waals surface area (Å²) >= 11 is 0. The molecule has 9 heteroatoms. The second-order valence-electron chi connectivity index (χ2n) is 3.85. The van der Waals surface area contributed by atoms with Gasteiger partial charge in [0, 0.05) is 19.2 Å². The van der Waals surface area contributed by atoms with E-state index in [9.17, 15) is 18.5 Å². The van der Waals surface area contributed by atoms with E-state index in [4.69, 9.17) is 0 Å². The van der Waals surface area contributed by atoms with Gasteiger partial charge in [0.15, 0.2) is 5.52 Å². The van der Waals surface area contributed by atoms with Gasteiger partial charge in [-0.25, -0.2) is 18.1 Å². The Morgan fingerprint density at radius 1 is 1.44 bits per heavy atom. The number of nitro benzene ring substituents is 1. The van der Waals surface area contributed by atoms with Crippen LogP contribution in [0.5, 0.6) is 0 Å². The molecule has 0 radical (unpaired) electrons. The van der Waals surface area contributed by atoms with Crippen molar-refractivity contribution in [3.05, 3.63) is 28.3 Å². The van der Waals surface area contributed by atoms with Crippen molar-refractivity contribution in [2.24, 2.45) is 0 Å². The first-order chi connectivity index (χ1) is 8.50. The van der Waals surface area contributed by atoms with Crippen molar-refractivity contribution in [1.82, 2.24) is 14.3 Å². The summed E-state index contributed by atoms with van der Waals surface area (Å²) in [5, 5.41) is 10.7. The minimum atomic E-state index is -3.67. The van der Waals surface area contributed by atoms with Gasteiger partial charge in [-0.05, 0) is 6.07 Å². The number of nitrogens with zero attached hydrogens (tertiary/aromatic N) is 3. The van der Waals surface area contributed by atoms with Gasteiger partial charge < -0.3 is 4.57 Å². The maximum absolute atomic E-state index is 11.8. The Morgan fingerprint density at radius 3 is 2.94 bits per heavy atom. The van der Waals surface area contributed by atoms with E-state index in [1.54, 1.807) is 6.07 Å². The Kier molecular flexibility index (Phi) is 2.16. The number of nitrogens with one attached hydrogen (secondary N) is 1. The zero-order valence-electron chi connectivity index (χ0n) is 9.03. The van der Waals surface area contributed by atoms with Crippen LogP contribution in [0.1, 0.15) is 0 Å². The zero-order valence-corrected chi connectivity index (χ0v) is 9.85. The second kappa shape index (κ2) is 3.50. The first-order valence-corrected chi connectivity index (χ1v) is 6.62. The van der Waals surface area contributed by atoms with E-state index in [0.717, 1.165) is 0 Å². The summed E-state index contributed by atoms with van der Waals surface area (Å²) in [6.07, 6.45) is 0. The third-order valence-electron chi connectivity index (χ3n) is 2.79. The van der Waals surface area contributed by atoms with Gasteiger partial charge in [0.2, 0.25) is 5.16 Å². The number of imidazole rings is 1. The molecule has 94 valence electrons. The summed E-state index contributed by atoms with van der Waals surface area (Å²) in [5.41, 5.74) is 0.374. The molecule has 0 aliphatic carbocycles. The summed E-state index contributed by atoms with van der Waals surface area (Å²) < 4.78 is 27.3. The highest BCUT2D eigenvalue weighted by molar-refractivity contribution is 7.89. The third kappa shape index (κ3) is 1.41. The molecule has 0 saturated heterocycles. The summed E-state index contributed by atoms with van der Waals surface area (Å²) in [5.74, 6) is 0. The van der Waals surface area contributed by atoms with Gasteiger partial charge >= 0.3 is 0 Å². The lowest BCUT2D eigenvalue weighted by atomic mass is 10.2. The van der Waals surface area contributed by atoms with Gasteiger partial charge in [0.1, 0.15) is 0 Å². The van der Waals surface area contributed by atoms with Crippen molar-refractivity contribution in [3.63, 3.8) is 0 Å². The van der Waals surface area contributed by atoms with E-state index >= 15 is 0 Å². The van der Waals surface area contributed by atoms with Gasteiger partial charge in [-0.15, -0.1) is 0 Å². The third-order valence-corrected chi connectivity index (χ3v) is 4.16. The highest BCUT2D eigenvalue weighted by Gasteiger charge is 2.29. The fraction of sp³-hybridized carbons (Fsp3) is 0.222. The molecule has 3 rings (SSSR count). The second-order valence-corrected chi connectivity index (χ2v) is 5.51. The van der Waals surface area contributed by atoms with Gasteiger partial charge in [-0.1, -0.05) is 6.07 Å². The number of benzene rings is 1. The van der Waals surface area contributed by atoms with Crippen molar-refractivity contribution < 1.29 is 13.3 Å². The Morgan fingerprint density at radius 2 is 2.22 bits per heavy atom. The zero-order chi connectivity index (χ0) is 12.9. The number of rotatable bonds is 1. The Bertz CT molecular complexity index is 764. The van der Waals surface area contributed by atoms with Crippen molar-refractivity contribution >= 4 is 26.7 Å². The van der Waals surface area contributed by atoms with Crippen LogP contribution in [0.15, 0.2) is 23.4 Å². The largest absolute Gasteiger partial charge is 0.312 e. The highest BCUT2D eigenvalue weighted by atomic mass is 32.2. The SMILES string of the molecule is O=[N+]([O-])c1cccc2c1nc1n2CCNS1(=O)=O. The number of fused-ring (bicyclic) bond motifs is 3. The molecule has 1 aromatic heterocycles. The van der Waals surface area contributed by atoms with E-state index < -0.39 is 14.9 Å². The molecule has 0 fully saturated rings. The van der Waals surface area contributed by atoms with Crippen LogP contribution in [0.2, 0.25) is 0 Å². The minimum Gasteiger partial charge on any atom is -0.312 e. The predicted octanol–water partition coefficient (Wildman–Crippen LogP) is 0.236. The standard InChI is InChI=1S/C9H8N4O4S/c14-13(15)7-3-1-2-6-8(7)11-9-12(6)5-4-10-18(9,16)17/h1-3,10H,4-5H2. The molecule has 1 aliphatic rings. The predicted molar refractivity (Wildman–Crippen MR) is 61.6 cm³/mol. The van der Waals surface area contributed by atoms with Crippen LogP contribution in [0, 0.1) is 10.1 Å². The molecule has 0 saturated carbocycles. The molecule has 2 aromatic rings. The average molecular weight is 268 g/mol. The van der Waals surface area contributed by atoms with E-state index in [-0.39, 0.29) is 22.9 Å². The van der Waals surface area contributed by atoms with Crippen molar-refractivity contribution in [2.75, 3.05) is 6.54 Å². The van der Waals surface area contributed by atoms with Gasteiger partial charge in [-0.2, -0.15) is 0 Å². The van der Waals surface area contributed by atoms with Crippen molar-refractivity contribution in [3.8, 4) is 0 Å². The average Bonchev–Trinajstić information content (AvgIpc) is 2.69. The lowest BCUT2D eigenvalue weighted by Crippen LogP contribution is -2.35. The summed E-state index contributed by atoms with van der Waals surface area (Å²) in [7, 11) is -3.67. The molecule has 0 bridgehead atoms. The topological polar surface area (TPSA) is 107 Å². The molecule has 8 nitrogen and oxygen atoms in total. The van der Waals surface area contributed by atoms with Crippen molar-refractivity contribution in [2.45, 2.75) is 11.7 Å². The maximum Gasteiger partial charge on any atom is 0.297 e. The van der Waals surface area contributed by atoms with E-state index in [1.807, 2.05) is 0 Å². The molecular formula is C9H8N4O4S. The molecule has 18 heavy (non-hydrogen) atoms. The van der Waals surface area contributed by atoms with Gasteiger partial charge in [0.05, 0.1) is 10.4 Å². The van der Waals surface area contributed by atoms with Crippen LogP contribution in [-0.2, 0) is 16.6 Å². The molecule has 0 atom stereocenters. The summed E-state index contributed by atoms with van der Waals surface area (Å²) in [4.78, 5) is 14.2. The number of nitro groups is 1. The summed E-state index contributed by atoms with van der Waals surface area (Å²) in [6.45, 7) is 0.662. The lowest BCUT2D eigenvalue weighted by molar-refractivity contribution is -0.383. The summed E-state index contributed by atoms with van der Waals surface area (Å²) in [6, 6.07) is 4.45. The normalized spacial score (nSPS) is 17.6. The van der Waals surface area contributed by atoms with Crippen LogP contribution < -0.4 is 4.72 Å². The van der Waals surface area contributed by atoms with Crippen LogP contribution in [-0.4, -0.2) is 29.4 Å². The van der Waals surface area contributed by atoms with Crippen LogP contribution >= 0.6 is 0 Å². The minimum absolute atomic E-state index is 0.102. The molecule has 0 spiro atoms. The molecule has 1 aliphatic heterocycles. The molecule has 0 unspecified atom stereocenters. The van der Waals surface area contributed by atoms with Crippen molar-refractivity contribution in [1.29, 1.82) is 0 Å². The maximum atomic E-state index is 11.8. The molecule has 1 N–H and O–H groups in total. The smallest absolute Gasteiger partial charge is 0.297 e. The quantitative estimate of drug-likeness (QED) is 0.588. The first-order valence-electron chi connectivity index (χ1n) is 5.14. The number of hydrogen-bond donors (Lipinski definition) is 1. The Labute approximate surface area is 101 Å². The number of para-hydroxylation sites is 1. The molecule has 2 heterocycles. The van der Waals surface area contributed by atoms with E-state index in [1.165, 1.54) is 16.7 Å². The fourth-order valence-corrected chi connectivity index (χ4v) is 3.22. The van der Waals surface area contributed by atoms with E-state index in [0.29, 0.717) is 12.1 Å². The van der Waals surface area contributed by atoms with Crippen LogP contribution in [0.25, 0.3) is 11.0 Å². The number of hydrogen-bond acceptors (Lipinski definition) is 5. The molecular weight excluding hydrogens is 260 g/mol. The monoisotopic (exact) mass is 268 g/mol. The Hall–Kier alpha value is -2.00. The first kappa shape index (κ1) is 11.1. The Balaban J connectivity index is 2.43. The fourth-order valence-electron chi connectivity index (χ4n) is 2.04. The highest BCUT2D eigenvalue weighted by Crippen LogP contribution is 2.28. The van der Waals surface area contributed by atoms with Gasteiger partial charge in [-0.3, -0.25) is 10.1 Å². The van der Waals surface area contributed by atoms with Gasteiger partial charge in [0.25, 0.3) is 15.7 Å². The number of sulfonamides is 1. The van der Waals surface area contributed by atoms with Crippen LogP contribution in [0.3, 0.4) is 0 Å². The lowest BCUT2D eigenvalue weighted by Gasteiger charge is -2.15. The number of non-ortho nitro benzene ring substituents is 1. The molecule has 0 amide bonds.